The van der Waals surface area contributed by atoms with Crippen LogP contribution < -0.4 is 0 Å². The quantitative estimate of drug-likeness (QED) is 0.856. The van der Waals surface area contributed by atoms with Gasteiger partial charge in [0.2, 0.25) is 0 Å². The van der Waals surface area contributed by atoms with Crippen molar-refractivity contribution in [1.29, 1.82) is 0 Å². The number of rotatable bonds is 2. The Morgan fingerprint density at radius 1 is 1.58 bits per heavy atom. The van der Waals surface area contributed by atoms with E-state index in [1.807, 2.05) is 11.8 Å². The molecule has 2 fully saturated rings. The van der Waals surface area contributed by atoms with Gasteiger partial charge in [0.1, 0.15) is 0 Å². The van der Waals surface area contributed by atoms with Crippen molar-refractivity contribution in [1.82, 2.24) is 0 Å². The molecule has 0 bridgehead atoms. The molecule has 3 heterocycles. The summed E-state index contributed by atoms with van der Waals surface area (Å²) in [7, 11) is 0. The molecule has 0 radical (unpaired) electrons. The van der Waals surface area contributed by atoms with Crippen LogP contribution in [0.5, 0.6) is 0 Å². The highest BCUT2D eigenvalue weighted by atomic mass is 79.9. The molecular formula is C14H19BrO2S2. The van der Waals surface area contributed by atoms with E-state index in [2.05, 4.69) is 28.9 Å². The van der Waals surface area contributed by atoms with Crippen LogP contribution in [0.15, 0.2) is 10.5 Å². The van der Waals surface area contributed by atoms with Gasteiger partial charge in [-0.3, -0.25) is 0 Å². The second kappa shape index (κ2) is 5.68. The first kappa shape index (κ1) is 14.4. The zero-order valence-corrected chi connectivity index (χ0v) is 14.2. The predicted octanol–water partition coefficient (Wildman–Crippen LogP) is 4.15. The van der Waals surface area contributed by atoms with Gasteiger partial charge in [-0.1, -0.05) is 0 Å². The van der Waals surface area contributed by atoms with Gasteiger partial charge >= 0.3 is 0 Å². The Labute approximate surface area is 131 Å². The molecule has 3 unspecified atom stereocenters. The van der Waals surface area contributed by atoms with E-state index in [9.17, 15) is 5.11 Å². The molecule has 2 nitrogen and oxygen atoms in total. The van der Waals surface area contributed by atoms with Crippen LogP contribution in [0.3, 0.4) is 0 Å². The van der Waals surface area contributed by atoms with E-state index in [0.29, 0.717) is 5.92 Å². The number of aryl methyl sites for hydroxylation is 1. The maximum absolute atomic E-state index is 10.7. The van der Waals surface area contributed by atoms with Crippen LogP contribution in [-0.4, -0.2) is 28.8 Å². The topological polar surface area (TPSA) is 29.5 Å². The fourth-order valence-electron chi connectivity index (χ4n) is 3.06. The molecule has 5 heteroatoms. The lowest BCUT2D eigenvalue weighted by Gasteiger charge is -2.39. The van der Waals surface area contributed by atoms with E-state index in [1.54, 1.807) is 11.3 Å². The summed E-state index contributed by atoms with van der Waals surface area (Å²) in [5.41, 5.74) is 0.0537. The number of hydrogen-bond donors (Lipinski definition) is 1. The van der Waals surface area contributed by atoms with Crippen molar-refractivity contribution in [2.24, 2.45) is 5.92 Å². The number of thiophene rings is 1. The van der Waals surface area contributed by atoms with Gasteiger partial charge in [0.25, 0.3) is 0 Å². The Balaban J connectivity index is 1.74. The first-order valence-electron chi connectivity index (χ1n) is 6.75. The Kier molecular flexibility index (Phi) is 4.30. The highest BCUT2D eigenvalue weighted by Crippen LogP contribution is 2.45. The maximum Gasteiger partial charge on any atom is 0.0912 e. The molecule has 19 heavy (non-hydrogen) atoms. The average molecular weight is 363 g/mol. The van der Waals surface area contributed by atoms with Crippen molar-refractivity contribution in [2.75, 3.05) is 18.1 Å². The number of hydrogen-bond acceptors (Lipinski definition) is 4. The summed E-state index contributed by atoms with van der Waals surface area (Å²) in [4.78, 5) is 2.34. The standard InChI is InChI=1S/C14H19BrO2S2/c1-9-11(15)6-12(19-9)13(16)10-2-4-17-14(7-10)3-5-18-8-14/h6,10,13,16H,2-5,7-8H2,1H3. The third-order valence-electron chi connectivity index (χ3n) is 4.21. The van der Waals surface area contributed by atoms with E-state index in [-0.39, 0.29) is 11.7 Å². The van der Waals surface area contributed by atoms with Crippen molar-refractivity contribution in [2.45, 2.75) is 37.9 Å². The van der Waals surface area contributed by atoms with Gasteiger partial charge in [0, 0.05) is 26.6 Å². The molecule has 1 N–H and O–H groups in total. The third-order valence-corrected chi connectivity index (χ3v) is 7.64. The molecular weight excluding hydrogens is 344 g/mol. The molecule has 0 aromatic carbocycles. The molecule has 0 saturated carbocycles. The van der Waals surface area contributed by atoms with Gasteiger partial charge in [-0.15, -0.1) is 11.3 Å². The van der Waals surface area contributed by atoms with Crippen LogP contribution in [0, 0.1) is 12.8 Å². The fraction of sp³-hybridized carbons (Fsp3) is 0.714. The van der Waals surface area contributed by atoms with Crippen LogP contribution in [0.1, 0.15) is 35.1 Å². The van der Waals surface area contributed by atoms with Gasteiger partial charge < -0.3 is 9.84 Å². The normalized spacial score (nSPS) is 32.9. The smallest absolute Gasteiger partial charge is 0.0912 e. The summed E-state index contributed by atoms with van der Waals surface area (Å²) in [6.45, 7) is 2.89. The highest BCUT2D eigenvalue weighted by molar-refractivity contribution is 9.10. The predicted molar refractivity (Wildman–Crippen MR) is 85.1 cm³/mol. The van der Waals surface area contributed by atoms with Crippen molar-refractivity contribution in [3.63, 3.8) is 0 Å². The number of aliphatic hydroxyl groups excluding tert-OH is 1. The summed E-state index contributed by atoms with van der Waals surface area (Å²) in [6, 6.07) is 2.08. The molecule has 2 aliphatic rings. The number of thioether (sulfide) groups is 1. The van der Waals surface area contributed by atoms with Gasteiger partial charge in [-0.05, 0) is 59.9 Å². The molecule has 0 amide bonds. The number of ether oxygens (including phenoxy) is 1. The van der Waals surface area contributed by atoms with E-state index in [0.717, 1.165) is 41.0 Å². The van der Waals surface area contributed by atoms with Crippen molar-refractivity contribution in [3.8, 4) is 0 Å². The number of halogens is 1. The molecule has 3 atom stereocenters. The van der Waals surface area contributed by atoms with Gasteiger partial charge in [-0.2, -0.15) is 11.8 Å². The second-order valence-electron chi connectivity index (χ2n) is 5.58. The number of aliphatic hydroxyl groups is 1. The van der Waals surface area contributed by atoms with Crippen LogP contribution in [0.25, 0.3) is 0 Å². The molecule has 0 aliphatic carbocycles. The first-order chi connectivity index (χ1) is 9.10. The van der Waals surface area contributed by atoms with E-state index < -0.39 is 0 Å². The molecule has 2 aliphatic heterocycles. The molecule has 1 aromatic rings. The van der Waals surface area contributed by atoms with E-state index in [4.69, 9.17) is 4.74 Å². The fourth-order valence-corrected chi connectivity index (χ4v) is 6.08. The largest absolute Gasteiger partial charge is 0.387 e. The van der Waals surface area contributed by atoms with E-state index in [1.165, 1.54) is 10.6 Å². The lowest BCUT2D eigenvalue weighted by Crippen LogP contribution is -2.41. The zero-order valence-electron chi connectivity index (χ0n) is 11.0. The minimum atomic E-state index is -0.332. The highest BCUT2D eigenvalue weighted by Gasteiger charge is 2.42. The van der Waals surface area contributed by atoms with Crippen LogP contribution in [0.4, 0.5) is 0 Å². The SMILES string of the molecule is Cc1sc(C(O)C2CCOC3(CCSC3)C2)cc1Br. The van der Waals surface area contributed by atoms with Crippen molar-refractivity contribution < 1.29 is 9.84 Å². The summed E-state index contributed by atoms with van der Waals surface area (Å²) < 4.78 is 7.15. The maximum atomic E-state index is 10.7. The minimum absolute atomic E-state index is 0.0537. The van der Waals surface area contributed by atoms with Crippen LogP contribution >= 0.6 is 39.0 Å². The van der Waals surface area contributed by atoms with Crippen LogP contribution in [0.2, 0.25) is 0 Å². The van der Waals surface area contributed by atoms with Gasteiger partial charge in [0.15, 0.2) is 0 Å². The van der Waals surface area contributed by atoms with Gasteiger partial charge in [-0.25, -0.2) is 0 Å². The lowest BCUT2D eigenvalue weighted by atomic mass is 9.82. The molecule has 106 valence electrons. The summed E-state index contributed by atoms with van der Waals surface area (Å²) in [5, 5.41) is 10.7. The molecule has 2 saturated heterocycles. The van der Waals surface area contributed by atoms with Crippen molar-refractivity contribution in [3.05, 3.63) is 20.3 Å². The Morgan fingerprint density at radius 3 is 3.05 bits per heavy atom. The Bertz CT molecular complexity index is 435. The second-order valence-corrected chi connectivity index (χ2v) is 8.83. The Morgan fingerprint density at radius 2 is 2.42 bits per heavy atom. The minimum Gasteiger partial charge on any atom is -0.387 e. The molecule has 1 aromatic heterocycles. The Hall–Kier alpha value is 0.450. The lowest BCUT2D eigenvalue weighted by molar-refractivity contribution is -0.101. The molecule has 1 spiro atoms. The zero-order chi connectivity index (χ0) is 13.5. The van der Waals surface area contributed by atoms with Crippen molar-refractivity contribution >= 4 is 39.0 Å². The van der Waals surface area contributed by atoms with Gasteiger partial charge in [0.05, 0.1) is 11.7 Å². The molecule has 3 rings (SSSR count). The first-order valence-corrected chi connectivity index (χ1v) is 9.52. The summed E-state index contributed by atoms with van der Waals surface area (Å²) in [5.74, 6) is 2.65. The summed E-state index contributed by atoms with van der Waals surface area (Å²) >= 11 is 7.23. The van der Waals surface area contributed by atoms with E-state index >= 15 is 0 Å². The summed E-state index contributed by atoms with van der Waals surface area (Å²) in [6.07, 6.45) is 2.80. The average Bonchev–Trinajstić information content (AvgIpc) is 2.97. The van der Waals surface area contributed by atoms with Crippen LogP contribution in [-0.2, 0) is 4.74 Å². The third kappa shape index (κ3) is 2.91. The monoisotopic (exact) mass is 362 g/mol.